The zero-order chi connectivity index (χ0) is 29.8. The highest BCUT2D eigenvalue weighted by Gasteiger charge is 2.30. The lowest BCUT2D eigenvalue weighted by Crippen LogP contribution is -2.47. The Labute approximate surface area is 252 Å². The monoisotopic (exact) mass is 581 g/mol. The number of nitrogens with one attached hydrogen (secondary N) is 4. The molecule has 3 fully saturated rings. The molecule has 1 saturated heterocycles. The van der Waals surface area contributed by atoms with E-state index in [0.29, 0.717) is 42.1 Å². The van der Waals surface area contributed by atoms with E-state index < -0.39 is 0 Å². The number of amidine groups is 1. The third kappa shape index (κ3) is 6.99. The van der Waals surface area contributed by atoms with Crippen LogP contribution in [-0.4, -0.2) is 65.8 Å². The van der Waals surface area contributed by atoms with Crippen LogP contribution >= 0.6 is 0 Å². The molecule has 2 aromatic rings. The normalized spacial score (nSPS) is 21.6. The second-order valence-electron chi connectivity index (χ2n) is 11.8. The highest BCUT2D eigenvalue weighted by Crippen LogP contribution is 2.40. The molecule has 6 rings (SSSR count). The van der Waals surface area contributed by atoms with Crippen molar-refractivity contribution in [2.45, 2.75) is 44.4 Å². The van der Waals surface area contributed by atoms with Gasteiger partial charge in [0.05, 0.1) is 18.3 Å². The number of piperidine rings is 1. The van der Waals surface area contributed by atoms with Gasteiger partial charge in [0.25, 0.3) is 5.91 Å². The summed E-state index contributed by atoms with van der Waals surface area (Å²) in [6.45, 7) is 2.88. The number of likely N-dealkylation sites (tertiary alicyclic amines) is 1. The van der Waals surface area contributed by atoms with Gasteiger partial charge in [-0.05, 0) is 92.3 Å². The van der Waals surface area contributed by atoms with Gasteiger partial charge in [0.1, 0.15) is 11.5 Å². The van der Waals surface area contributed by atoms with Crippen LogP contribution in [0.3, 0.4) is 0 Å². The first-order valence-electron chi connectivity index (χ1n) is 15.2. The van der Waals surface area contributed by atoms with E-state index in [-0.39, 0.29) is 23.6 Å². The predicted octanol–water partition coefficient (Wildman–Crippen LogP) is 4.51. The molecule has 1 atom stereocenters. The van der Waals surface area contributed by atoms with Gasteiger partial charge in [-0.15, -0.1) is 5.11 Å². The number of amides is 2. The zero-order valence-electron chi connectivity index (χ0n) is 24.6. The number of anilines is 1. The first kappa shape index (κ1) is 28.7. The third-order valence-electron chi connectivity index (χ3n) is 8.54. The summed E-state index contributed by atoms with van der Waals surface area (Å²) >= 11 is 0. The van der Waals surface area contributed by atoms with E-state index in [9.17, 15) is 9.59 Å². The molecular formula is C32H39N9O2. The van der Waals surface area contributed by atoms with E-state index in [1.165, 1.54) is 31.2 Å². The Morgan fingerprint density at radius 2 is 1.86 bits per heavy atom. The number of benzene rings is 1. The van der Waals surface area contributed by atoms with Crippen LogP contribution in [0.15, 0.2) is 70.8 Å². The van der Waals surface area contributed by atoms with Gasteiger partial charge in [-0.3, -0.25) is 14.5 Å². The Hall–Kier alpha value is -4.38. The maximum absolute atomic E-state index is 13.0. The third-order valence-corrected chi connectivity index (χ3v) is 8.54. The van der Waals surface area contributed by atoms with E-state index in [4.69, 9.17) is 5.53 Å². The van der Waals surface area contributed by atoms with Crippen LogP contribution in [0.2, 0.25) is 0 Å². The van der Waals surface area contributed by atoms with Crippen LogP contribution in [0.5, 0.6) is 0 Å². The molecule has 0 radical (unpaired) electrons. The summed E-state index contributed by atoms with van der Waals surface area (Å²) in [6, 6.07) is 11.3. The molecule has 43 heavy (non-hydrogen) atoms. The number of rotatable bonds is 10. The minimum Gasteiger partial charge on any atom is -0.386 e. The Morgan fingerprint density at radius 3 is 2.58 bits per heavy atom. The second kappa shape index (κ2) is 12.9. The van der Waals surface area contributed by atoms with Crippen LogP contribution in [0.4, 0.5) is 5.82 Å². The van der Waals surface area contributed by atoms with Gasteiger partial charge in [-0.1, -0.05) is 12.1 Å². The molecule has 4 aliphatic rings. The molecule has 11 heteroatoms. The number of nitrogens with zero attached hydrogens (tertiary/aromatic N) is 5. The van der Waals surface area contributed by atoms with Crippen molar-refractivity contribution < 1.29 is 9.59 Å². The lowest BCUT2D eigenvalue weighted by Gasteiger charge is -2.37. The lowest BCUT2D eigenvalue weighted by molar-refractivity contribution is -0.126. The minimum absolute atomic E-state index is 0.0310. The molecule has 0 bridgehead atoms. The predicted molar refractivity (Wildman–Crippen MR) is 165 cm³/mol. The van der Waals surface area contributed by atoms with Crippen molar-refractivity contribution in [2.75, 3.05) is 38.7 Å². The Morgan fingerprint density at radius 1 is 1.07 bits per heavy atom. The fourth-order valence-corrected chi connectivity index (χ4v) is 5.79. The highest BCUT2D eigenvalue weighted by molar-refractivity contribution is 6.06. The molecule has 2 saturated carbocycles. The number of aromatic nitrogens is 1. The molecule has 224 valence electrons. The van der Waals surface area contributed by atoms with Gasteiger partial charge in [0.2, 0.25) is 5.91 Å². The molecule has 1 aromatic heterocycles. The molecule has 4 N–H and O–H groups in total. The van der Waals surface area contributed by atoms with Crippen molar-refractivity contribution in [3.8, 4) is 0 Å². The largest absolute Gasteiger partial charge is 0.386 e. The van der Waals surface area contributed by atoms with Crippen LogP contribution < -0.4 is 16.0 Å². The van der Waals surface area contributed by atoms with E-state index in [1.54, 1.807) is 24.5 Å². The number of carbonyl (C=O) groups is 2. The summed E-state index contributed by atoms with van der Waals surface area (Å²) in [7, 11) is 1.82. The minimum atomic E-state index is -0.225. The van der Waals surface area contributed by atoms with Gasteiger partial charge in [0, 0.05) is 44.3 Å². The molecule has 11 nitrogen and oxygen atoms in total. The molecule has 1 unspecified atom stereocenters. The summed E-state index contributed by atoms with van der Waals surface area (Å²) in [5, 5.41) is 13.1. The number of carbonyl (C=O) groups excluding carboxylic acids is 2. The number of hydrogen-bond acceptors (Lipinski definition) is 9. The van der Waals surface area contributed by atoms with Crippen LogP contribution in [0.1, 0.15) is 65.9 Å². The summed E-state index contributed by atoms with van der Waals surface area (Å²) in [4.78, 5) is 38.8. The van der Waals surface area contributed by atoms with Gasteiger partial charge in [-0.25, -0.2) is 15.5 Å². The van der Waals surface area contributed by atoms with Gasteiger partial charge >= 0.3 is 0 Å². The Balaban J connectivity index is 1.17. The van der Waals surface area contributed by atoms with Crippen molar-refractivity contribution in [3.63, 3.8) is 0 Å². The number of hydrogen-bond donors (Lipinski definition) is 4. The second-order valence-corrected chi connectivity index (χ2v) is 11.8. The summed E-state index contributed by atoms with van der Waals surface area (Å²) in [5.41, 5.74) is 11.8. The van der Waals surface area contributed by atoms with Crippen molar-refractivity contribution in [2.24, 2.45) is 21.9 Å². The van der Waals surface area contributed by atoms with Crippen molar-refractivity contribution >= 4 is 29.2 Å². The number of aliphatic imine (C=N–C) groups is 1. The average molecular weight is 582 g/mol. The Kier molecular flexibility index (Phi) is 8.59. The first-order valence-corrected chi connectivity index (χ1v) is 15.2. The molecule has 0 spiro atoms. The smallest absolute Gasteiger partial charge is 0.256 e. The van der Waals surface area contributed by atoms with Gasteiger partial charge in [-0.2, -0.15) is 0 Å². The summed E-state index contributed by atoms with van der Waals surface area (Å²) in [6.07, 6.45) is 11.9. The number of pyridine rings is 1. The van der Waals surface area contributed by atoms with Crippen molar-refractivity contribution in [1.82, 2.24) is 25.4 Å². The van der Waals surface area contributed by atoms with Crippen molar-refractivity contribution in [1.29, 1.82) is 5.53 Å². The molecule has 1 aromatic carbocycles. The average Bonchev–Trinajstić information content (AvgIpc) is 3.96. The Bertz CT molecular complexity index is 1460. The van der Waals surface area contributed by atoms with Crippen LogP contribution in [0.25, 0.3) is 5.70 Å². The highest BCUT2D eigenvalue weighted by atomic mass is 16.2. The maximum atomic E-state index is 13.0. The van der Waals surface area contributed by atoms with E-state index in [1.807, 2.05) is 42.4 Å². The summed E-state index contributed by atoms with van der Waals surface area (Å²) < 4.78 is 0. The van der Waals surface area contributed by atoms with E-state index >= 15 is 0 Å². The molecule has 3 heterocycles. The molecule has 2 amide bonds. The standard InChI is InChI=1S/C32H39N9O2/c1-34-28(23-8-10-24(11-9-23)32(43)38-27-17-25(12-13-35-27)22-6-7-22)29-30(39-33)36-14-16-41(29)20-40-15-2-3-26(19-40)31(42)37-18-21-4-5-21/h8-14,16-17,21-22,26,33-34H,2-7,15,18-20H2,1H3,(H,37,42)(H,35,38,43)/b29-28-,39-33?. The SMILES string of the molecule is CN/C(=C1/C(N=N)=NC=CN1CN1CCCC(C(=O)NCC2CC2)C1)c1ccc(C(=O)Nc2cc(C3CC3)ccn2)cc1. The van der Waals surface area contributed by atoms with Crippen molar-refractivity contribution in [3.05, 3.63) is 77.4 Å². The summed E-state index contributed by atoms with van der Waals surface area (Å²) in [5.74, 6) is 1.97. The quantitative estimate of drug-likeness (QED) is 0.305. The zero-order valence-corrected chi connectivity index (χ0v) is 24.6. The molecular weight excluding hydrogens is 542 g/mol. The maximum Gasteiger partial charge on any atom is 0.256 e. The van der Waals surface area contributed by atoms with Gasteiger partial charge < -0.3 is 20.9 Å². The fourth-order valence-electron chi connectivity index (χ4n) is 5.79. The topological polar surface area (TPSA) is 138 Å². The first-order chi connectivity index (χ1) is 21.0. The van der Waals surface area contributed by atoms with E-state index in [0.717, 1.165) is 37.2 Å². The van der Waals surface area contributed by atoms with Crippen LogP contribution in [0, 0.1) is 17.4 Å². The molecule has 2 aliphatic heterocycles. The lowest BCUT2D eigenvalue weighted by atomic mass is 9.97. The van der Waals surface area contributed by atoms with E-state index in [2.05, 4.69) is 35.9 Å². The van der Waals surface area contributed by atoms with Gasteiger partial charge in [0.15, 0.2) is 5.84 Å². The van der Waals surface area contributed by atoms with Crippen LogP contribution in [-0.2, 0) is 4.79 Å². The molecule has 2 aliphatic carbocycles. The fraction of sp³-hybridized carbons (Fsp3) is 0.438.